The second kappa shape index (κ2) is 9.12. The molecule has 4 heteroatoms. The smallest absolute Gasteiger partial charge is 0.202 e. The van der Waals surface area contributed by atoms with Gasteiger partial charge in [-0.25, -0.2) is 4.99 Å². The Kier molecular flexibility index (Phi) is 5.92. The molecule has 3 aromatic rings. The monoisotopic (exact) mass is 414 g/mol. The van der Waals surface area contributed by atoms with Crippen molar-refractivity contribution in [2.24, 2.45) is 4.99 Å². The van der Waals surface area contributed by atoms with Gasteiger partial charge in [0, 0.05) is 14.6 Å². The van der Waals surface area contributed by atoms with Crippen molar-refractivity contribution >= 4 is 24.6 Å². The number of nitrogens with zero attached hydrogens (tertiary/aromatic N) is 2. The molecule has 0 spiro atoms. The molecular weight excluding hydrogens is 387 g/mol. The van der Waals surface area contributed by atoms with E-state index >= 15 is 0 Å². The van der Waals surface area contributed by atoms with Crippen molar-refractivity contribution in [2.75, 3.05) is 13.2 Å². The fraction of sp³-hybridized carbons (Fsp3) is 0.269. The molecule has 0 N–H and O–H groups in total. The van der Waals surface area contributed by atoms with E-state index in [4.69, 9.17) is 9.73 Å². The Morgan fingerprint density at radius 2 is 1.37 bits per heavy atom. The second-order valence-corrected chi connectivity index (χ2v) is 10.0. The molecule has 0 saturated carbocycles. The van der Waals surface area contributed by atoms with Gasteiger partial charge < -0.3 is 4.74 Å². The van der Waals surface area contributed by atoms with Crippen molar-refractivity contribution in [1.82, 2.24) is 4.67 Å². The molecule has 2 aliphatic rings. The van der Waals surface area contributed by atoms with E-state index in [9.17, 15) is 0 Å². The minimum atomic E-state index is -0.620. The van der Waals surface area contributed by atoms with Crippen molar-refractivity contribution in [1.29, 1.82) is 0 Å². The normalized spacial score (nSPS) is 22.0. The molecule has 1 fully saturated rings. The van der Waals surface area contributed by atoms with Gasteiger partial charge in [0.2, 0.25) is 5.90 Å². The van der Waals surface area contributed by atoms with Crippen LogP contribution in [0, 0.1) is 0 Å². The molecule has 3 nitrogen and oxygen atoms in total. The summed E-state index contributed by atoms with van der Waals surface area (Å²) in [4.78, 5) is 5.07. The minimum Gasteiger partial charge on any atom is -0.477 e. The quantitative estimate of drug-likeness (QED) is 0.545. The van der Waals surface area contributed by atoms with E-state index in [0.29, 0.717) is 6.61 Å². The summed E-state index contributed by atoms with van der Waals surface area (Å²) >= 11 is 0. The van der Waals surface area contributed by atoms with Gasteiger partial charge in [0.05, 0.1) is 6.04 Å². The fourth-order valence-electron chi connectivity index (χ4n) is 4.41. The Labute approximate surface area is 180 Å². The molecule has 5 rings (SSSR count). The van der Waals surface area contributed by atoms with Crippen molar-refractivity contribution < 1.29 is 4.74 Å². The Morgan fingerprint density at radius 3 is 2.00 bits per heavy atom. The largest absolute Gasteiger partial charge is 0.477 e. The lowest BCUT2D eigenvalue weighted by atomic mass is 10.0. The van der Waals surface area contributed by atoms with Crippen LogP contribution in [-0.2, 0) is 4.74 Å². The van der Waals surface area contributed by atoms with Gasteiger partial charge in [-0.05, 0) is 29.0 Å². The average molecular weight is 414 g/mol. The Bertz CT molecular complexity index is 938. The van der Waals surface area contributed by atoms with Crippen LogP contribution in [0.5, 0.6) is 0 Å². The van der Waals surface area contributed by atoms with Crippen LogP contribution >= 0.6 is 8.07 Å². The van der Waals surface area contributed by atoms with E-state index in [1.54, 1.807) is 0 Å². The van der Waals surface area contributed by atoms with Crippen LogP contribution in [0.2, 0.25) is 0 Å². The van der Waals surface area contributed by atoms with Crippen LogP contribution in [0.15, 0.2) is 96.0 Å². The maximum atomic E-state index is 6.23. The molecule has 0 bridgehead atoms. The molecule has 2 aliphatic heterocycles. The standard InChI is InChI=1S/C26H27N2OP/c1-4-12-21(13-5-1)24-20-29-26(27-24)25-18-10-11-19-28(25)30(22-14-6-2-7-15-22)23-16-8-3-9-17-23/h1-9,12-17,24-25H,10-11,18-20H2/t24-,25+/m1/s1. The van der Waals surface area contributed by atoms with Crippen LogP contribution in [0.25, 0.3) is 0 Å². The second-order valence-electron chi connectivity index (χ2n) is 7.86. The minimum absolute atomic E-state index is 0.115. The van der Waals surface area contributed by atoms with Crippen LogP contribution in [0.3, 0.4) is 0 Å². The zero-order valence-electron chi connectivity index (χ0n) is 17.1. The van der Waals surface area contributed by atoms with Crippen LogP contribution in [0.4, 0.5) is 0 Å². The summed E-state index contributed by atoms with van der Waals surface area (Å²) in [6, 6.07) is 32.8. The molecule has 2 atom stereocenters. The SMILES string of the molecule is c1ccc([C@H]2COC([C@@H]3CCCCN3P(c3ccccc3)c3ccccc3)=N2)cc1. The number of ether oxygens (including phenoxy) is 1. The lowest BCUT2D eigenvalue weighted by Gasteiger charge is -2.40. The van der Waals surface area contributed by atoms with E-state index in [-0.39, 0.29) is 12.1 Å². The number of rotatable bonds is 5. The van der Waals surface area contributed by atoms with Gasteiger partial charge in [-0.1, -0.05) is 97.4 Å². The van der Waals surface area contributed by atoms with E-state index in [0.717, 1.165) is 18.9 Å². The topological polar surface area (TPSA) is 24.8 Å². The Balaban J connectivity index is 1.49. The molecule has 0 radical (unpaired) electrons. The van der Waals surface area contributed by atoms with E-state index in [1.165, 1.54) is 29.0 Å². The molecule has 2 heterocycles. The maximum absolute atomic E-state index is 6.23. The molecule has 0 aliphatic carbocycles. The third kappa shape index (κ3) is 4.05. The molecule has 0 aromatic heterocycles. The van der Waals surface area contributed by atoms with Gasteiger partial charge in [0.1, 0.15) is 12.6 Å². The summed E-state index contributed by atoms with van der Waals surface area (Å²) in [5, 5.41) is 2.78. The summed E-state index contributed by atoms with van der Waals surface area (Å²) in [7, 11) is -0.620. The first-order chi connectivity index (χ1) is 14.9. The van der Waals surface area contributed by atoms with Gasteiger partial charge in [-0.2, -0.15) is 0 Å². The van der Waals surface area contributed by atoms with Gasteiger partial charge in [-0.15, -0.1) is 0 Å². The van der Waals surface area contributed by atoms with Gasteiger partial charge in [0.25, 0.3) is 0 Å². The third-order valence-corrected chi connectivity index (χ3v) is 8.44. The first-order valence-electron chi connectivity index (χ1n) is 10.8. The summed E-state index contributed by atoms with van der Waals surface area (Å²) in [6.07, 6.45) is 3.57. The van der Waals surface area contributed by atoms with Crippen molar-refractivity contribution in [3.05, 3.63) is 96.6 Å². The number of hydrogen-bond acceptors (Lipinski definition) is 3. The maximum Gasteiger partial charge on any atom is 0.202 e. The predicted octanol–water partition coefficient (Wildman–Crippen LogP) is 5.06. The number of piperidine rings is 1. The van der Waals surface area contributed by atoms with Crippen molar-refractivity contribution in [3.8, 4) is 0 Å². The highest BCUT2D eigenvalue weighted by atomic mass is 31.1. The van der Waals surface area contributed by atoms with E-state index in [1.807, 2.05) is 0 Å². The van der Waals surface area contributed by atoms with Gasteiger partial charge in [0.15, 0.2) is 0 Å². The molecule has 152 valence electrons. The summed E-state index contributed by atoms with van der Waals surface area (Å²) in [6.45, 7) is 1.73. The van der Waals surface area contributed by atoms with Crippen molar-refractivity contribution in [3.63, 3.8) is 0 Å². The molecule has 0 unspecified atom stereocenters. The highest BCUT2D eigenvalue weighted by Crippen LogP contribution is 2.44. The number of hydrogen-bond donors (Lipinski definition) is 0. The lowest BCUT2D eigenvalue weighted by molar-refractivity contribution is 0.255. The van der Waals surface area contributed by atoms with E-state index in [2.05, 4.69) is 95.7 Å². The highest BCUT2D eigenvalue weighted by Gasteiger charge is 2.37. The lowest BCUT2D eigenvalue weighted by Crippen LogP contribution is -2.45. The van der Waals surface area contributed by atoms with Crippen molar-refractivity contribution in [2.45, 2.75) is 31.3 Å². The van der Waals surface area contributed by atoms with Crippen LogP contribution < -0.4 is 10.6 Å². The van der Waals surface area contributed by atoms with Crippen LogP contribution in [0.1, 0.15) is 30.9 Å². The van der Waals surface area contributed by atoms with Crippen LogP contribution in [-0.4, -0.2) is 29.8 Å². The molecule has 3 aromatic carbocycles. The van der Waals surface area contributed by atoms with Gasteiger partial charge >= 0.3 is 0 Å². The molecular formula is C26H27N2OP. The first-order valence-corrected chi connectivity index (χ1v) is 12.1. The Morgan fingerprint density at radius 1 is 0.767 bits per heavy atom. The van der Waals surface area contributed by atoms with E-state index < -0.39 is 8.07 Å². The first kappa shape index (κ1) is 19.5. The number of aliphatic imine (C=N–C) groups is 1. The number of benzene rings is 3. The summed E-state index contributed by atoms with van der Waals surface area (Å²) in [5.41, 5.74) is 1.24. The third-order valence-electron chi connectivity index (χ3n) is 5.87. The zero-order chi connectivity index (χ0) is 20.2. The van der Waals surface area contributed by atoms with Gasteiger partial charge in [-0.3, -0.25) is 4.67 Å². The fourth-order valence-corrected chi connectivity index (χ4v) is 7.05. The molecule has 0 amide bonds. The predicted molar refractivity (Wildman–Crippen MR) is 126 cm³/mol. The molecule has 30 heavy (non-hydrogen) atoms. The summed E-state index contributed by atoms with van der Waals surface area (Å²) in [5.74, 6) is 0.933. The average Bonchev–Trinajstić information content (AvgIpc) is 3.32. The Hall–Kier alpha value is -2.48. The summed E-state index contributed by atoms with van der Waals surface area (Å²) < 4.78 is 8.91. The highest BCUT2D eigenvalue weighted by molar-refractivity contribution is 7.70. The zero-order valence-corrected chi connectivity index (χ0v) is 18.0. The molecule has 1 saturated heterocycles.